The summed E-state index contributed by atoms with van der Waals surface area (Å²) in [7, 11) is 1.69. The third kappa shape index (κ3) is 7.11. The van der Waals surface area contributed by atoms with Gasteiger partial charge in [-0.05, 0) is 36.4 Å². The van der Waals surface area contributed by atoms with Crippen molar-refractivity contribution in [2.24, 2.45) is 12.5 Å². The molecule has 12 heteroatoms. The molecule has 0 aliphatic carbocycles. The predicted molar refractivity (Wildman–Crippen MR) is 135 cm³/mol. The number of pyridine rings is 2. The van der Waals surface area contributed by atoms with E-state index in [1.165, 1.54) is 22.9 Å². The van der Waals surface area contributed by atoms with Crippen LogP contribution in [0.1, 0.15) is 32.0 Å². The Morgan fingerprint density at radius 2 is 1.70 bits per heavy atom. The van der Waals surface area contributed by atoms with E-state index in [0.717, 1.165) is 23.1 Å². The Kier molecular flexibility index (Phi) is 8.34. The minimum Gasteiger partial charge on any atom is -0.451 e. The molecular formula is C25H23Cl2F3N4O3. The van der Waals surface area contributed by atoms with Crippen LogP contribution in [0.15, 0.2) is 53.6 Å². The monoisotopic (exact) mass is 554 g/mol. The molecule has 0 N–H and O–H groups in total. The Morgan fingerprint density at radius 3 is 2.27 bits per heavy atom. The smallest absolute Gasteiger partial charge is 0.420 e. The summed E-state index contributed by atoms with van der Waals surface area (Å²) in [6, 6.07) is 8.19. The largest absolute Gasteiger partial charge is 0.451 e. The van der Waals surface area contributed by atoms with Gasteiger partial charge in [-0.25, -0.2) is 4.98 Å². The number of aryl methyl sites for hydroxylation is 1. The zero-order valence-electron chi connectivity index (χ0n) is 20.3. The second-order valence-corrected chi connectivity index (χ2v) is 10.00. The highest BCUT2D eigenvalue weighted by Gasteiger charge is 2.36. The molecule has 0 atom stereocenters. The second kappa shape index (κ2) is 10.9. The Hall–Kier alpha value is -3.37. The Bertz CT molecular complexity index is 1470. The van der Waals surface area contributed by atoms with Crippen LogP contribution in [0.2, 0.25) is 10.0 Å². The molecule has 4 aromatic rings. The summed E-state index contributed by atoms with van der Waals surface area (Å²) in [6.45, 7) is 5.55. The van der Waals surface area contributed by atoms with Crippen molar-refractivity contribution in [1.82, 2.24) is 19.3 Å². The third-order valence-corrected chi connectivity index (χ3v) is 5.27. The summed E-state index contributed by atoms with van der Waals surface area (Å²) in [5.41, 5.74) is -1.27. The first-order chi connectivity index (χ1) is 17.2. The lowest BCUT2D eigenvalue weighted by Crippen LogP contribution is -2.25. The molecule has 0 radical (unpaired) electrons. The van der Waals surface area contributed by atoms with Crippen LogP contribution >= 0.6 is 23.2 Å². The van der Waals surface area contributed by atoms with Gasteiger partial charge in [-0.3, -0.25) is 9.48 Å². The SMILES string of the molecule is CC(C)(C)C=O.Cn1nc(Cn2ccc(C(F)(F)F)c(Oc3cc(Cl)cc(Cl)c3)c2=O)c2cccnc21. The van der Waals surface area contributed by atoms with Gasteiger partial charge in [0.2, 0.25) is 5.75 Å². The standard InChI is InChI=1S/C20H13Cl2F3N4O2.C5H10O/c1-28-18-14(3-2-5-26-18)16(27-28)10-29-6-4-15(20(23,24)25)17(19(29)30)31-13-8-11(21)7-12(22)9-13;1-5(2,3)4-6/h2-9H,10H2,1H3;4H,1-3H3. The summed E-state index contributed by atoms with van der Waals surface area (Å²) in [5.74, 6) is -0.975. The van der Waals surface area contributed by atoms with Crippen LogP contribution in [0, 0.1) is 5.41 Å². The number of halogens is 5. The van der Waals surface area contributed by atoms with Crippen LogP contribution in [0.25, 0.3) is 11.0 Å². The van der Waals surface area contributed by atoms with Gasteiger partial charge < -0.3 is 14.1 Å². The molecule has 0 bridgehead atoms. The highest BCUT2D eigenvalue weighted by molar-refractivity contribution is 6.34. The lowest BCUT2D eigenvalue weighted by molar-refractivity contribution is -0.138. The number of rotatable bonds is 4. The first-order valence-corrected chi connectivity index (χ1v) is 11.6. The topological polar surface area (TPSA) is 79.0 Å². The number of carbonyl (C=O) groups excluding carboxylic acids is 1. The van der Waals surface area contributed by atoms with Gasteiger partial charge in [-0.2, -0.15) is 18.3 Å². The normalized spacial score (nSPS) is 11.7. The maximum atomic E-state index is 13.6. The summed E-state index contributed by atoms with van der Waals surface area (Å²) in [5, 5.41) is 5.32. The van der Waals surface area contributed by atoms with Gasteiger partial charge in [0, 0.05) is 40.3 Å². The lowest BCUT2D eigenvalue weighted by Gasteiger charge is -2.15. The van der Waals surface area contributed by atoms with Crippen LogP contribution < -0.4 is 10.3 Å². The predicted octanol–water partition coefficient (Wildman–Crippen LogP) is 6.53. The number of hydrogen-bond acceptors (Lipinski definition) is 5. The molecule has 7 nitrogen and oxygen atoms in total. The molecule has 0 aliphatic rings. The summed E-state index contributed by atoms with van der Waals surface area (Å²) >= 11 is 11.8. The first kappa shape index (κ1) is 28.2. The van der Waals surface area contributed by atoms with Crippen molar-refractivity contribution >= 4 is 40.5 Å². The van der Waals surface area contributed by atoms with Crippen LogP contribution in [0.3, 0.4) is 0 Å². The van der Waals surface area contributed by atoms with Crippen molar-refractivity contribution in [3.63, 3.8) is 0 Å². The molecular weight excluding hydrogens is 532 g/mol. The molecule has 3 aromatic heterocycles. The molecule has 0 amide bonds. The summed E-state index contributed by atoms with van der Waals surface area (Å²) in [6.07, 6.45) is -1.22. The third-order valence-electron chi connectivity index (χ3n) is 4.83. The van der Waals surface area contributed by atoms with E-state index in [4.69, 9.17) is 27.9 Å². The Morgan fingerprint density at radius 1 is 1.08 bits per heavy atom. The fraction of sp³-hybridized carbons (Fsp3) is 0.280. The van der Waals surface area contributed by atoms with E-state index < -0.39 is 23.0 Å². The highest BCUT2D eigenvalue weighted by Crippen LogP contribution is 2.37. The molecule has 0 fully saturated rings. The molecule has 1 aromatic carbocycles. The zero-order valence-corrected chi connectivity index (χ0v) is 21.8. The quantitative estimate of drug-likeness (QED) is 0.268. The molecule has 3 heterocycles. The summed E-state index contributed by atoms with van der Waals surface area (Å²) < 4.78 is 48.6. The van der Waals surface area contributed by atoms with Crippen molar-refractivity contribution in [1.29, 1.82) is 0 Å². The van der Waals surface area contributed by atoms with Crippen LogP contribution in [-0.4, -0.2) is 25.6 Å². The fourth-order valence-corrected chi connectivity index (χ4v) is 3.65. The minimum atomic E-state index is -4.81. The van der Waals surface area contributed by atoms with E-state index in [-0.39, 0.29) is 27.8 Å². The lowest BCUT2D eigenvalue weighted by atomic mass is 10.0. The van der Waals surface area contributed by atoms with Gasteiger partial charge in [0.15, 0.2) is 5.65 Å². The van der Waals surface area contributed by atoms with Crippen LogP contribution in [-0.2, 0) is 24.6 Å². The van der Waals surface area contributed by atoms with E-state index in [2.05, 4.69) is 10.1 Å². The molecule has 0 aliphatic heterocycles. The molecule has 0 saturated carbocycles. The minimum absolute atomic E-state index is 0.0767. The van der Waals surface area contributed by atoms with Crippen LogP contribution in [0.5, 0.6) is 11.5 Å². The molecule has 37 heavy (non-hydrogen) atoms. The van der Waals surface area contributed by atoms with Crippen molar-refractivity contribution in [3.8, 4) is 11.5 Å². The van der Waals surface area contributed by atoms with E-state index in [0.29, 0.717) is 16.7 Å². The number of aromatic nitrogens is 4. The van der Waals surface area contributed by atoms with E-state index in [1.54, 1.807) is 25.4 Å². The van der Waals surface area contributed by atoms with E-state index in [1.807, 2.05) is 20.8 Å². The fourth-order valence-electron chi connectivity index (χ4n) is 3.15. The number of carbonyl (C=O) groups is 1. The highest BCUT2D eigenvalue weighted by atomic mass is 35.5. The second-order valence-electron chi connectivity index (χ2n) is 9.13. The van der Waals surface area contributed by atoms with E-state index >= 15 is 0 Å². The number of fused-ring (bicyclic) bond motifs is 1. The first-order valence-electron chi connectivity index (χ1n) is 10.9. The van der Waals surface area contributed by atoms with Gasteiger partial charge >= 0.3 is 6.18 Å². The van der Waals surface area contributed by atoms with Gasteiger partial charge in [-0.1, -0.05) is 44.0 Å². The van der Waals surface area contributed by atoms with Gasteiger partial charge in [-0.15, -0.1) is 0 Å². The molecule has 0 spiro atoms. The number of benzene rings is 1. The number of nitrogens with zero attached hydrogens (tertiary/aromatic N) is 4. The van der Waals surface area contributed by atoms with Crippen molar-refractivity contribution in [2.75, 3.05) is 0 Å². The maximum absolute atomic E-state index is 13.6. The van der Waals surface area contributed by atoms with Gasteiger partial charge in [0.25, 0.3) is 5.56 Å². The number of hydrogen-bond donors (Lipinski definition) is 0. The average Bonchev–Trinajstić information content (AvgIpc) is 3.10. The average molecular weight is 555 g/mol. The molecule has 0 saturated heterocycles. The van der Waals surface area contributed by atoms with E-state index in [9.17, 15) is 22.8 Å². The number of alkyl halides is 3. The van der Waals surface area contributed by atoms with Crippen LogP contribution in [0.4, 0.5) is 13.2 Å². The molecule has 0 unspecified atom stereocenters. The van der Waals surface area contributed by atoms with Gasteiger partial charge in [0.05, 0.1) is 12.2 Å². The number of ether oxygens (including phenoxy) is 1. The van der Waals surface area contributed by atoms with Crippen molar-refractivity contribution < 1.29 is 22.7 Å². The molecule has 196 valence electrons. The van der Waals surface area contributed by atoms with Crippen molar-refractivity contribution in [2.45, 2.75) is 33.5 Å². The Labute approximate surface area is 220 Å². The number of aldehydes is 1. The zero-order chi connectivity index (χ0) is 27.5. The molecule has 4 rings (SSSR count). The van der Waals surface area contributed by atoms with Gasteiger partial charge in [0.1, 0.15) is 17.6 Å². The van der Waals surface area contributed by atoms with Crippen molar-refractivity contribution in [3.05, 3.63) is 80.4 Å². The Balaban J connectivity index is 0.000000568. The summed E-state index contributed by atoms with van der Waals surface area (Å²) in [4.78, 5) is 27.0. The maximum Gasteiger partial charge on any atom is 0.420 e.